The number of esters is 1. The summed E-state index contributed by atoms with van der Waals surface area (Å²) in [7, 11) is 3.11. The molecule has 0 aromatic heterocycles. The van der Waals surface area contributed by atoms with Crippen LogP contribution in [0.25, 0.3) is 0 Å². The summed E-state index contributed by atoms with van der Waals surface area (Å²) in [5.41, 5.74) is 0.625. The van der Waals surface area contributed by atoms with E-state index in [-0.39, 0.29) is 35.1 Å². The van der Waals surface area contributed by atoms with E-state index in [1.165, 1.54) is 28.0 Å². The van der Waals surface area contributed by atoms with Crippen LogP contribution in [0, 0.1) is 0 Å². The molecule has 7 nitrogen and oxygen atoms in total. The molecule has 0 N–H and O–H groups in total. The van der Waals surface area contributed by atoms with Gasteiger partial charge in [0.25, 0.3) is 17.7 Å². The fourth-order valence-electron chi connectivity index (χ4n) is 2.28. The molecule has 0 saturated carbocycles. The maximum absolute atomic E-state index is 12.3. The SMILES string of the molecule is CCCCN1C(=O)c2ccc(C(=O)OCC(=O)N(C)C)cc2C1=O. The maximum Gasteiger partial charge on any atom is 0.338 e. The largest absolute Gasteiger partial charge is 0.452 e. The van der Waals surface area contributed by atoms with Crippen LogP contribution in [0.3, 0.4) is 0 Å². The lowest BCUT2D eigenvalue weighted by Gasteiger charge is -2.12. The zero-order chi connectivity index (χ0) is 17.9. The van der Waals surface area contributed by atoms with Gasteiger partial charge in [0.1, 0.15) is 0 Å². The fraction of sp³-hybridized carbons (Fsp3) is 0.412. The molecule has 0 radical (unpaired) electrons. The van der Waals surface area contributed by atoms with Gasteiger partial charge in [0.05, 0.1) is 16.7 Å². The second kappa shape index (κ2) is 7.25. The van der Waals surface area contributed by atoms with Crippen LogP contribution in [-0.4, -0.2) is 60.7 Å². The van der Waals surface area contributed by atoms with Crippen LogP contribution in [0.5, 0.6) is 0 Å². The smallest absolute Gasteiger partial charge is 0.338 e. The third-order valence-electron chi connectivity index (χ3n) is 3.77. The summed E-state index contributed by atoms with van der Waals surface area (Å²) in [6.07, 6.45) is 1.60. The first kappa shape index (κ1) is 17.7. The van der Waals surface area contributed by atoms with Gasteiger partial charge in [-0.15, -0.1) is 0 Å². The predicted octanol–water partition coefficient (Wildman–Crippen LogP) is 1.33. The zero-order valence-corrected chi connectivity index (χ0v) is 14.0. The molecule has 1 aromatic rings. The number of amides is 3. The lowest BCUT2D eigenvalue weighted by atomic mass is 10.1. The number of carbonyl (C=O) groups is 4. The number of benzene rings is 1. The van der Waals surface area contributed by atoms with E-state index >= 15 is 0 Å². The Kier molecular flexibility index (Phi) is 5.33. The summed E-state index contributed by atoms with van der Waals surface area (Å²) < 4.78 is 4.92. The van der Waals surface area contributed by atoms with Gasteiger partial charge in [-0.2, -0.15) is 0 Å². The topological polar surface area (TPSA) is 84.0 Å². The Morgan fingerprint density at radius 3 is 2.42 bits per heavy atom. The van der Waals surface area contributed by atoms with Crippen LogP contribution in [0.1, 0.15) is 50.8 Å². The summed E-state index contributed by atoms with van der Waals surface area (Å²) in [6, 6.07) is 4.23. The highest BCUT2D eigenvalue weighted by atomic mass is 16.5. The van der Waals surface area contributed by atoms with Crippen LogP contribution in [-0.2, 0) is 9.53 Å². The van der Waals surface area contributed by atoms with Gasteiger partial charge < -0.3 is 9.64 Å². The Morgan fingerprint density at radius 1 is 1.12 bits per heavy atom. The normalized spacial score (nSPS) is 13.0. The number of ether oxygens (including phenoxy) is 1. The van der Waals surface area contributed by atoms with Gasteiger partial charge in [0.2, 0.25) is 0 Å². The molecule has 0 bridgehead atoms. The highest BCUT2D eigenvalue weighted by molar-refractivity contribution is 6.21. The molecule has 0 fully saturated rings. The number of hydrogen-bond donors (Lipinski definition) is 0. The Bertz CT molecular complexity index is 696. The third-order valence-corrected chi connectivity index (χ3v) is 3.77. The number of nitrogens with zero attached hydrogens (tertiary/aromatic N) is 2. The van der Waals surface area contributed by atoms with E-state index in [0.29, 0.717) is 6.54 Å². The van der Waals surface area contributed by atoms with Gasteiger partial charge in [-0.1, -0.05) is 13.3 Å². The minimum absolute atomic E-state index is 0.138. The van der Waals surface area contributed by atoms with Crippen molar-refractivity contribution < 1.29 is 23.9 Å². The molecule has 0 spiro atoms. The summed E-state index contributed by atoms with van der Waals surface area (Å²) >= 11 is 0. The summed E-state index contributed by atoms with van der Waals surface area (Å²) in [4.78, 5) is 50.5. The van der Waals surface area contributed by atoms with Crippen molar-refractivity contribution in [3.8, 4) is 0 Å². The molecular weight excluding hydrogens is 312 g/mol. The van der Waals surface area contributed by atoms with Crippen LogP contribution >= 0.6 is 0 Å². The third kappa shape index (κ3) is 3.45. The molecule has 0 saturated heterocycles. The highest BCUT2D eigenvalue weighted by Crippen LogP contribution is 2.24. The summed E-state index contributed by atoms with van der Waals surface area (Å²) in [5, 5.41) is 0. The number of fused-ring (bicyclic) bond motifs is 1. The van der Waals surface area contributed by atoms with Crippen LogP contribution in [0.2, 0.25) is 0 Å². The van der Waals surface area contributed by atoms with Crippen molar-refractivity contribution in [2.75, 3.05) is 27.2 Å². The van der Waals surface area contributed by atoms with Gasteiger partial charge >= 0.3 is 5.97 Å². The highest BCUT2D eigenvalue weighted by Gasteiger charge is 2.35. The Labute approximate surface area is 140 Å². The molecule has 0 unspecified atom stereocenters. The van der Waals surface area contributed by atoms with E-state index in [1.807, 2.05) is 6.92 Å². The van der Waals surface area contributed by atoms with Gasteiger partial charge in [0.15, 0.2) is 6.61 Å². The number of rotatable bonds is 6. The van der Waals surface area contributed by atoms with Crippen molar-refractivity contribution in [1.82, 2.24) is 9.80 Å². The molecule has 1 aliphatic rings. The van der Waals surface area contributed by atoms with E-state index in [4.69, 9.17) is 4.74 Å². The fourth-order valence-corrected chi connectivity index (χ4v) is 2.28. The Balaban J connectivity index is 2.14. The monoisotopic (exact) mass is 332 g/mol. The molecule has 24 heavy (non-hydrogen) atoms. The molecule has 1 aromatic carbocycles. The standard InChI is InChI=1S/C17H20N2O5/c1-4-5-8-19-15(21)12-7-6-11(9-13(12)16(19)22)17(23)24-10-14(20)18(2)3/h6-7,9H,4-5,8,10H2,1-3H3. The first-order valence-corrected chi connectivity index (χ1v) is 7.74. The molecule has 3 amide bonds. The van der Waals surface area contributed by atoms with E-state index in [2.05, 4.69) is 0 Å². The van der Waals surface area contributed by atoms with Crippen molar-refractivity contribution >= 4 is 23.7 Å². The van der Waals surface area contributed by atoms with Crippen LogP contribution < -0.4 is 0 Å². The van der Waals surface area contributed by atoms with Gasteiger partial charge in [-0.25, -0.2) is 4.79 Å². The quantitative estimate of drug-likeness (QED) is 0.579. The number of likely N-dealkylation sites (N-methyl/N-ethyl adjacent to an activating group) is 1. The Morgan fingerprint density at radius 2 is 1.79 bits per heavy atom. The minimum Gasteiger partial charge on any atom is -0.452 e. The lowest BCUT2D eigenvalue weighted by Crippen LogP contribution is -2.30. The predicted molar refractivity (Wildman–Crippen MR) is 85.7 cm³/mol. The summed E-state index contributed by atoms with van der Waals surface area (Å²) in [5.74, 6) is -1.80. The second-order valence-electron chi connectivity index (χ2n) is 5.74. The van der Waals surface area contributed by atoms with Crippen molar-refractivity contribution in [3.63, 3.8) is 0 Å². The summed E-state index contributed by atoms with van der Waals surface area (Å²) in [6.45, 7) is 1.96. The number of hydrogen-bond acceptors (Lipinski definition) is 5. The first-order chi connectivity index (χ1) is 11.4. The molecule has 1 aliphatic heterocycles. The van der Waals surface area contributed by atoms with Crippen molar-refractivity contribution in [2.45, 2.75) is 19.8 Å². The maximum atomic E-state index is 12.3. The molecule has 128 valence electrons. The van der Waals surface area contributed by atoms with Crippen molar-refractivity contribution in [3.05, 3.63) is 34.9 Å². The van der Waals surface area contributed by atoms with Gasteiger partial charge in [0, 0.05) is 20.6 Å². The average Bonchev–Trinajstić information content (AvgIpc) is 2.81. The van der Waals surface area contributed by atoms with Gasteiger partial charge in [-0.3, -0.25) is 19.3 Å². The molecule has 0 aliphatic carbocycles. The molecule has 2 rings (SSSR count). The molecule has 1 heterocycles. The second-order valence-corrected chi connectivity index (χ2v) is 5.74. The van der Waals surface area contributed by atoms with E-state index < -0.39 is 11.9 Å². The van der Waals surface area contributed by atoms with Crippen molar-refractivity contribution in [2.24, 2.45) is 0 Å². The molecule has 7 heteroatoms. The van der Waals surface area contributed by atoms with Crippen LogP contribution in [0.15, 0.2) is 18.2 Å². The Hall–Kier alpha value is -2.70. The molecule has 0 atom stereocenters. The van der Waals surface area contributed by atoms with Gasteiger partial charge in [-0.05, 0) is 24.6 Å². The van der Waals surface area contributed by atoms with E-state index in [9.17, 15) is 19.2 Å². The zero-order valence-electron chi connectivity index (χ0n) is 14.0. The lowest BCUT2D eigenvalue weighted by molar-refractivity contribution is -0.131. The first-order valence-electron chi connectivity index (χ1n) is 7.74. The minimum atomic E-state index is -0.708. The van der Waals surface area contributed by atoms with E-state index in [1.54, 1.807) is 14.1 Å². The van der Waals surface area contributed by atoms with E-state index in [0.717, 1.165) is 12.8 Å². The number of imide groups is 1. The average molecular weight is 332 g/mol. The van der Waals surface area contributed by atoms with Crippen molar-refractivity contribution in [1.29, 1.82) is 0 Å². The number of carbonyl (C=O) groups excluding carboxylic acids is 4. The van der Waals surface area contributed by atoms with Crippen LogP contribution in [0.4, 0.5) is 0 Å². The number of unbranched alkanes of at least 4 members (excludes halogenated alkanes) is 1. The molecular formula is C17H20N2O5.